The Kier molecular flexibility index (Phi) is 4.98. The molecule has 1 aromatic carbocycles. The number of sulfonamides is 1. The number of nitrogens with one attached hydrogen (secondary N) is 1. The van der Waals surface area contributed by atoms with Crippen LogP contribution in [0.2, 0.25) is 0 Å². The SMILES string of the molecule is Cn1cc([C@@H]2OCCC[C@H]2CNS(=O)(=O)c2ccccc2F)cn1. The van der Waals surface area contributed by atoms with Gasteiger partial charge in [0.15, 0.2) is 0 Å². The van der Waals surface area contributed by atoms with E-state index in [1.165, 1.54) is 18.2 Å². The Morgan fingerprint density at radius 3 is 2.92 bits per heavy atom. The van der Waals surface area contributed by atoms with Crippen LogP contribution in [0.4, 0.5) is 4.39 Å². The van der Waals surface area contributed by atoms with Crippen molar-refractivity contribution in [3.05, 3.63) is 48.0 Å². The van der Waals surface area contributed by atoms with Gasteiger partial charge in [0.25, 0.3) is 0 Å². The second-order valence-corrected chi connectivity index (χ2v) is 7.66. The van der Waals surface area contributed by atoms with Gasteiger partial charge in [0, 0.05) is 37.9 Å². The molecule has 0 unspecified atom stereocenters. The summed E-state index contributed by atoms with van der Waals surface area (Å²) in [5.74, 6) is -0.779. The average Bonchev–Trinajstić information content (AvgIpc) is 3.00. The number of ether oxygens (including phenoxy) is 1. The van der Waals surface area contributed by atoms with E-state index in [4.69, 9.17) is 4.74 Å². The zero-order chi connectivity index (χ0) is 17.2. The molecule has 1 aliphatic rings. The van der Waals surface area contributed by atoms with E-state index in [1.807, 2.05) is 13.2 Å². The number of nitrogens with zero attached hydrogens (tertiary/aromatic N) is 2. The summed E-state index contributed by atoms with van der Waals surface area (Å²) in [7, 11) is -2.07. The molecule has 8 heteroatoms. The zero-order valence-electron chi connectivity index (χ0n) is 13.4. The van der Waals surface area contributed by atoms with Crippen molar-refractivity contribution in [1.29, 1.82) is 0 Å². The highest BCUT2D eigenvalue weighted by atomic mass is 32.2. The lowest BCUT2D eigenvalue weighted by atomic mass is 9.91. The molecule has 0 saturated carbocycles. The van der Waals surface area contributed by atoms with E-state index in [0.717, 1.165) is 24.5 Å². The highest BCUT2D eigenvalue weighted by Gasteiger charge is 2.30. The van der Waals surface area contributed by atoms with Crippen LogP contribution in [0.25, 0.3) is 0 Å². The van der Waals surface area contributed by atoms with E-state index in [9.17, 15) is 12.8 Å². The largest absolute Gasteiger partial charge is 0.373 e. The van der Waals surface area contributed by atoms with Gasteiger partial charge in [-0.05, 0) is 25.0 Å². The summed E-state index contributed by atoms with van der Waals surface area (Å²) >= 11 is 0. The van der Waals surface area contributed by atoms with E-state index in [-0.39, 0.29) is 23.5 Å². The number of benzene rings is 1. The topological polar surface area (TPSA) is 73.2 Å². The Balaban J connectivity index is 1.73. The van der Waals surface area contributed by atoms with Crippen LogP contribution in [-0.2, 0) is 21.8 Å². The maximum absolute atomic E-state index is 13.7. The van der Waals surface area contributed by atoms with Gasteiger partial charge in [0.1, 0.15) is 10.7 Å². The molecule has 3 rings (SSSR count). The van der Waals surface area contributed by atoms with Crippen LogP contribution < -0.4 is 4.72 Å². The number of hydrogen-bond acceptors (Lipinski definition) is 4. The predicted octanol–water partition coefficient (Wildman–Crippen LogP) is 2.01. The van der Waals surface area contributed by atoms with Gasteiger partial charge < -0.3 is 4.74 Å². The van der Waals surface area contributed by atoms with Crippen molar-refractivity contribution in [2.45, 2.75) is 23.8 Å². The van der Waals surface area contributed by atoms with Crippen molar-refractivity contribution in [3.63, 3.8) is 0 Å². The third-order valence-corrected chi connectivity index (χ3v) is 5.62. The van der Waals surface area contributed by atoms with Crippen LogP contribution in [0.15, 0.2) is 41.6 Å². The second kappa shape index (κ2) is 7.00. The van der Waals surface area contributed by atoms with E-state index in [2.05, 4.69) is 9.82 Å². The number of hydrogen-bond donors (Lipinski definition) is 1. The molecule has 1 aromatic heterocycles. The van der Waals surface area contributed by atoms with E-state index >= 15 is 0 Å². The molecule has 2 heterocycles. The molecule has 0 amide bonds. The summed E-state index contributed by atoms with van der Waals surface area (Å²) in [6.07, 6.45) is 5.08. The quantitative estimate of drug-likeness (QED) is 0.892. The third kappa shape index (κ3) is 3.66. The fourth-order valence-corrected chi connectivity index (χ4v) is 4.14. The van der Waals surface area contributed by atoms with E-state index in [0.29, 0.717) is 6.61 Å². The lowest BCUT2D eigenvalue weighted by Gasteiger charge is -2.31. The molecule has 2 atom stereocenters. The first kappa shape index (κ1) is 17.1. The fourth-order valence-electron chi connectivity index (χ4n) is 2.97. The zero-order valence-corrected chi connectivity index (χ0v) is 14.2. The average molecular weight is 353 g/mol. The molecule has 0 aliphatic carbocycles. The number of halogens is 1. The Morgan fingerprint density at radius 1 is 1.42 bits per heavy atom. The molecular weight excluding hydrogens is 333 g/mol. The summed E-state index contributed by atoms with van der Waals surface area (Å²) < 4.78 is 48.4. The minimum atomic E-state index is -3.89. The van der Waals surface area contributed by atoms with Gasteiger partial charge in [-0.25, -0.2) is 17.5 Å². The monoisotopic (exact) mass is 353 g/mol. The number of rotatable bonds is 5. The normalized spacial score (nSPS) is 21.8. The third-order valence-electron chi connectivity index (χ3n) is 4.16. The predicted molar refractivity (Wildman–Crippen MR) is 86.2 cm³/mol. The fraction of sp³-hybridized carbons (Fsp3) is 0.438. The lowest BCUT2D eigenvalue weighted by molar-refractivity contribution is -0.0262. The van der Waals surface area contributed by atoms with E-state index < -0.39 is 15.8 Å². The number of aryl methyl sites for hydroxylation is 1. The molecule has 1 N–H and O–H groups in total. The van der Waals surface area contributed by atoms with Crippen molar-refractivity contribution in [3.8, 4) is 0 Å². The number of aromatic nitrogens is 2. The standard InChI is InChI=1S/C16H20FN3O3S/c1-20-11-13(9-18-20)16-12(5-4-8-23-16)10-19-24(21,22)15-7-3-2-6-14(15)17/h2-3,6-7,9,11-12,16,19H,4-5,8,10H2,1H3/t12-,16+/m0/s1. The first-order valence-electron chi connectivity index (χ1n) is 7.82. The van der Waals surface area contributed by atoms with Crippen molar-refractivity contribution in [2.75, 3.05) is 13.2 Å². The van der Waals surface area contributed by atoms with Crippen molar-refractivity contribution < 1.29 is 17.5 Å². The van der Waals surface area contributed by atoms with Gasteiger partial charge in [-0.1, -0.05) is 12.1 Å². The molecule has 6 nitrogen and oxygen atoms in total. The van der Waals surface area contributed by atoms with Gasteiger partial charge in [0.2, 0.25) is 10.0 Å². The van der Waals surface area contributed by atoms with Gasteiger partial charge in [-0.3, -0.25) is 4.68 Å². The Morgan fingerprint density at radius 2 is 2.21 bits per heavy atom. The minimum Gasteiger partial charge on any atom is -0.373 e. The van der Waals surface area contributed by atoms with Crippen molar-refractivity contribution >= 4 is 10.0 Å². The van der Waals surface area contributed by atoms with Gasteiger partial charge in [-0.15, -0.1) is 0 Å². The van der Waals surface area contributed by atoms with E-state index in [1.54, 1.807) is 10.9 Å². The molecule has 130 valence electrons. The molecule has 1 fully saturated rings. The minimum absolute atomic E-state index is 0.0236. The maximum atomic E-state index is 13.7. The molecular formula is C16H20FN3O3S. The van der Waals surface area contributed by atoms with Gasteiger partial charge >= 0.3 is 0 Å². The smallest absolute Gasteiger partial charge is 0.243 e. The Labute approximate surface area is 140 Å². The molecule has 0 radical (unpaired) electrons. The van der Waals surface area contributed by atoms with Crippen LogP contribution >= 0.6 is 0 Å². The Hall–Kier alpha value is -1.77. The highest BCUT2D eigenvalue weighted by molar-refractivity contribution is 7.89. The van der Waals surface area contributed by atoms with Crippen LogP contribution in [-0.4, -0.2) is 31.3 Å². The molecule has 1 saturated heterocycles. The summed E-state index contributed by atoms with van der Waals surface area (Å²) in [6, 6.07) is 5.35. The summed E-state index contributed by atoms with van der Waals surface area (Å²) in [5.41, 5.74) is 0.923. The molecule has 0 spiro atoms. The van der Waals surface area contributed by atoms with Gasteiger partial charge in [-0.2, -0.15) is 5.10 Å². The van der Waals surface area contributed by atoms with Crippen molar-refractivity contribution in [1.82, 2.24) is 14.5 Å². The van der Waals surface area contributed by atoms with Crippen molar-refractivity contribution in [2.24, 2.45) is 13.0 Å². The van der Waals surface area contributed by atoms with Crippen LogP contribution in [0.1, 0.15) is 24.5 Å². The molecule has 24 heavy (non-hydrogen) atoms. The Bertz CT molecular complexity index is 806. The molecule has 1 aliphatic heterocycles. The molecule has 0 bridgehead atoms. The van der Waals surface area contributed by atoms with Crippen LogP contribution in [0.5, 0.6) is 0 Å². The summed E-state index contributed by atoms with van der Waals surface area (Å²) in [4.78, 5) is -0.334. The maximum Gasteiger partial charge on any atom is 0.243 e. The van der Waals surface area contributed by atoms with Gasteiger partial charge in [0.05, 0.1) is 12.3 Å². The lowest BCUT2D eigenvalue weighted by Crippen LogP contribution is -2.35. The first-order chi connectivity index (χ1) is 11.5. The summed E-state index contributed by atoms with van der Waals surface area (Å²) in [5, 5.41) is 4.14. The van der Waals surface area contributed by atoms with Crippen LogP contribution in [0.3, 0.4) is 0 Å². The summed E-state index contributed by atoms with van der Waals surface area (Å²) in [6.45, 7) is 0.826. The second-order valence-electron chi connectivity index (χ2n) is 5.92. The van der Waals surface area contributed by atoms with Crippen LogP contribution in [0, 0.1) is 11.7 Å². The highest BCUT2D eigenvalue weighted by Crippen LogP contribution is 2.33. The first-order valence-corrected chi connectivity index (χ1v) is 9.30. The molecule has 2 aromatic rings.